The summed E-state index contributed by atoms with van der Waals surface area (Å²) < 4.78 is 5.25. The van der Waals surface area contributed by atoms with Gasteiger partial charge in [0, 0.05) is 30.9 Å². The fraction of sp³-hybridized carbons (Fsp3) is 0.467. The van der Waals surface area contributed by atoms with Crippen molar-refractivity contribution in [2.45, 2.75) is 20.8 Å². The van der Waals surface area contributed by atoms with Crippen molar-refractivity contribution in [2.75, 3.05) is 31.6 Å². The molecule has 0 aliphatic carbocycles. The first-order valence-corrected chi connectivity index (χ1v) is 6.83. The highest BCUT2D eigenvalue weighted by atomic mass is 16.5. The maximum Gasteiger partial charge on any atom is 0.321 e. The van der Waals surface area contributed by atoms with E-state index in [0.29, 0.717) is 37.6 Å². The first kappa shape index (κ1) is 16.2. The van der Waals surface area contributed by atoms with Crippen LogP contribution in [0.4, 0.5) is 10.5 Å². The number of likely N-dealkylation sites (N-methyl/N-ethyl adjacent to an activating group) is 1. The van der Waals surface area contributed by atoms with E-state index in [0.717, 1.165) is 0 Å². The zero-order valence-electron chi connectivity index (χ0n) is 12.3. The van der Waals surface area contributed by atoms with Crippen LogP contribution in [0.3, 0.4) is 0 Å². The standard InChI is InChI=1S/C15H22N2O3/c1-4-17(10-11-20-5-2)15(19)16-14-8-6-13(7-9-14)12(3)18/h6-9H,4-5,10-11H2,1-3H3,(H,16,19). The highest BCUT2D eigenvalue weighted by Crippen LogP contribution is 2.10. The summed E-state index contributed by atoms with van der Waals surface area (Å²) in [5.41, 5.74) is 1.31. The number of anilines is 1. The van der Waals surface area contributed by atoms with Gasteiger partial charge in [-0.25, -0.2) is 4.79 Å². The molecule has 0 saturated carbocycles. The molecule has 0 unspecified atom stereocenters. The summed E-state index contributed by atoms with van der Waals surface area (Å²) in [6.45, 7) is 7.70. The Labute approximate surface area is 119 Å². The second-order valence-electron chi connectivity index (χ2n) is 4.34. The second-order valence-corrected chi connectivity index (χ2v) is 4.34. The van der Waals surface area contributed by atoms with Crippen LogP contribution in [0.1, 0.15) is 31.1 Å². The minimum atomic E-state index is -0.164. The first-order chi connectivity index (χ1) is 9.58. The Bertz CT molecular complexity index is 443. The lowest BCUT2D eigenvalue weighted by Crippen LogP contribution is -2.37. The van der Waals surface area contributed by atoms with Crippen LogP contribution in [0.5, 0.6) is 0 Å². The van der Waals surface area contributed by atoms with E-state index in [4.69, 9.17) is 4.74 Å². The quantitative estimate of drug-likeness (QED) is 0.616. The number of amides is 2. The van der Waals surface area contributed by atoms with Crippen LogP contribution in [0, 0.1) is 0 Å². The average Bonchev–Trinajstić information content (AvgIpc) is 2.44. The topological polar surface area (TPSA) is 58.6 Å². The summed E-state index contributed by atoms with van der Waals surface area (Å²) in [5.74, 6) is 0.00905. The van der Waals surface area contributed by atoms with Crippen molar-refractivity contribution in [2.24, 2.45) is 0 Å². The van der Waals surface area contributed by atoms with Gasteiger partial charge in [-0.15, -0.1) is 0 Å². The maximum absolute atomic E-state index is 12.0. The van der Waals surface area contributed by atoms with Gasteiger partial charge in [0.2, 0.25) is 0 Å². The number of hydrogen-bond acceptors (Lipinski definition) is 3. The summed E-state index contributed by atoms with van der Waals surface area (Å²) in [6.07, 6.45) is 0. The number of ether oxygens (including phenoxy) is 1. The molecule has 0 aliphatic rings. The number of nitrogens with zero attached hydrogens (tertiary/aromatic N) is 1. The highest BCUT2D eigenvalue weighted by molar-refractivity contribution is 5.95. The summed E-state index contributed by atoms with van der Waals surface area (Å²) in [4.78, 5) is 24.9. The molecule has 110 valence electrons. The Kier molecular flexibility index (Phi) is 6.73. The number of carbonyl (C=O) groups is 2. The molecule has 1 rings (SSSR count). The highest BCUT2D eigenvalue weighted by Gasteiger charge is 2.11. The molecule has 0 spiro atoms. The minimum Gasteiger partial charge on any atom is -0.380 e. The molecule has 1 aromatic carbocycles. The van der Waals surface area contributed by atoms with Gasteiger partial charge in [-0.3, -0.25) is 4.79 Å². The Balaban J connectivity index is 2.56. The molecule has 0 heterocycles. The number of benzene rings is 1. The van der Waals surface area contributed by atoms with Gasteiger partial charge >= 0.3 is 6.03 Å². The fourth-order valence-electron chi connectivity index (χ4n) is 1.71. The zero-order chi connectivity index (χ0) is 15.0. The van der Waals surface area contributed by atoms with E-state index < -0.39 is 0 Å². The van der Waals surface area contributed by atoms with Crippen molar-refractivity contribution >= 4 is 17.5 Å². The Hall–Kier alpha value is -1.88. The summed E-state index contributed by atoms with van der Waals surface area (Å²) >= 11 is 0. The number of nitrogens with one attached hydrogen (secondary N) is 1. The maximum atomic E-state index is 12.0. The lowest BCUT2D eigenvalue weighted by atomic mass is 10.1. The third-order valence-corrected chi connectivity index (χ3v) is 2.92. The van der Waals surface area contributed by atoms with E-state index in [-0.39, 0.29) is 11.8 Å². The van der Waals surface area contributed by atoms with Crippen molar-refractivity contribution in [3.63, 3.8) is 0 Å². The van der Waals surface area contributed by atoms with Crippen LogP contribution >= 0.6 is 0 Å². The SMILES string of the molecule is CCOCCN(CC)C(=O)Nc1ccc(C(C)=O)cc1. The number of rotatable bonds is 7. The number of carbonyl (C=O) groups excluding carboxylic acids is 2. The van der Waals surface area contributed by atoms with Crippen LogP contribution in [0.2, 0.25) is 0 Å². The van der Waals surface area contributed by atoms with E-state index >= 15 is 0 Å². The predicted molar refractivity (Wildman–Crippen MR) is 79.2 cm³/mol. The van der Waals surface area contributed by atoms with E-state index in [1.165, 1.54) is 6.92 Å². The van der Waals surface area contributed by atoms with Gasteiger partial charge in [0.15, 0.2) is 5.78 Å². The lowest BCUT2D eigenvalue weighted by molar-refractivity contribution is 0.101. The first-order valence-electron chi connectivity index (χ1n) is 6.83. The van der Waals surface area contributed by atoms with E-state index in [1.54, 1.807) is 29.2 Å². The molecular formula is C15H22N2O3. The average molecular weight is 278 g/mol. The third kappa shape index (κ3) is 5.01. The zero-order valence-corrected chi connectivity index (χ0v) is 12.3. The normalized spacial score (nSPS) is 10.2. The van der Waals surface area contributed by atoms with E-state index in [9.17, 15) is 9.59 Å². The molecule has 5 heteroatoms. The molecular weight excluding hydrogens is 256 g/mol. The Morgan fingerprint density at radius 3 is 2.35 bits per heavy atom. The predicted octanol–water partition coefficient (Wildman–Crippen LogP) is 2.78. The van der Waals surface area contributed by atoms with E-state index in [1.807, 2.05) is 13.8 Å². The fourth-order valence-corrected chi connectivity index (χ4v) is 1.71. The Morgan fingerprint density at radius 2 is 1.85 bits per heavy atom. The van der Waals surface area contributed by atoms with Crippen molar-refractivity contribution in [3.05, 3.63) is 29.8 Å². The molecule has 1 N–H and O–H groups in total. The van der Waals surface area contributed by atoms with Gasteiger partial charge in [0.05, 0.1) is 6.61 Å². The van der Waals surface area contributed by atoms with Gasteiger partial charge in [-0.2, -0.15) is 0 Å². The molecule has 5 nitrogen and oxygen atoms in total. The van der Waals surface area contributed by atoms with Crippen molar-refractivity contribution in [1.82, 2.24) is 4.90 Å². The molecule has 0 aromatic heterocycles. The number of hydrogen-bond donors (Lipinski definition) is 1. The van der Waals surface area contributed by atoms with Gasteiger partial charge in [-0.1, -0.05) is 0 Å². The number of ketones is 1. The summed E-state index contributed by atoms with van der Waals surface area (Å²) in [6, 6.07) is 6.70. The lowest BCUT2D eigenvalue weighted by Gasteiger charge is -2.21. The number of urea groups is 1. The van der Waals surface area contributed by atoms with E-state index in [2.05, 4.69) is 5.32 Å². The molecule has 0 radical (unpaired) electrons. The second kappa shape index (κ2) is 8.32. The summed E-state index contributed by atoms with van der Waals surface area (Å²) in [5, 5.41) is 2.81. The van der Waals surface area contributed by atoms with Gasteiger partial charge in [0.1, 0.15) is 0 Å². The van der Waals surface area contributed by atoms with Gasteiger partial charge < -0.3 is 15.0 Å². The van der Waals surface area contributed by atoms with Crippen LogP contribution in [-0.2, 0) is 4.74 Å². The monoisotopic (exact) mass is 278 g/mol. The number of Topliss-reactive ketones (excluding diaryl/α,β-unsaturated/α-hetero) is 1. The Morgan fingerprint density at radius 1 is 1.20 bits per heavy atom. The molecule has 1 aromatic rings. The van der Waals surface area contributed by atoms with Crippen molar-refractivity contribution in [3.8, 4) is 0 Å². The minimum absolute atomic E-state index is 0.00905. The molecule has 0 fully saturated rings. The molecule has 0 aliphatic heterocycles. The molecule has 20 heavy (non-hydrogen) atoms. The van der Waals surface area contributed by atoms with Gasteiger partial charge in [-0.05, 0) is 45.0 Å². The summed E-state index contributed by atoms with van der Waals surface area (Å²) in [7, 11) is 0. The third-order valence-electron chi connectivity index (χ3n) is 2.92. The molecule has 0 saturated heterocycles. The smallest absolute Gasteiger partial charge is 0.321 e. The molecule has 0 bridgehead atoms. The van der Waals surface area contributed by atoms with Gasteiger partial charge in [0.25, 0.3) is 0 Å². The van der Waals surface area contributed by atoms with Crippen molar-refractivity contribution in [1.29, 1.82) is 0 Å². The molecule has 2 amide bonds. The van der Waals surface area contributed by atoms with Crippen LogP contribution in [0.25, 0.3) is 0 Å². The molecule has 0 atom stereocenters. The largest absolute Gasteiger partial charge is 0.380 e. The van der Waals surface area contributed by atoms with Crippen LogP contribution < -0.4 is 5.32 Å². The van der Waals surface area contributed by atoms with Crippen LogP contribution in [0.15, 0.2) is 24.3 Å². The van der Waals surface area contributed by atoms with Crippen molar-refractivity contribution < 1.29 is 14.3 Å². The van der Waals surface area contributed by atoms with Crippen LogP contribution in [-0.4, -0.2) is 43.0 Å².